The Labute approximate surface area is 115 Å². The van der Waals surface area contributed by atoms with Crippen LogP contribution in [-0.4, -0.2) is 13.2 Å². The first-order valence-electron chi connectivity index (χ1n) is 6.01. The molecule has 0 bridgehead atoms. The lowest BCUT2D eigenvalue weighted by molar-refractivity contribution is 0.329. The summed E-state index contributed by atoms with van der Waals surface area (Å²) in [6.45, 7) is 0.815. The molecule has 0 aliphatic carbocycles. The fraction of sp³-hybridized carbons (Fsp3) is 0.133. The number of hydrogen-bond acceptors (Lipinski definition) is 3. The van der Waals surface area contributed by atoms with Crippen molar-refractivity contribution in [3.8, 4) is 11.8 Å². The monoisotopic (exact) mass is 274 g/mol. The summed E-state index contributed by atoms with van der Waals surface area (Å²) in [7, 11) is 0. The van der Waals surface area contributed by atoms with Crippen LogP contribution in [0.3, 0.4) is 0 Å². The largest absolute Gasteiger partial charge is 0.492 e. The van der Waals surface area contributed by atoms with Crippen molar-refractivity contribution in [3.63, 3.8) is 0 Å². The van der Waals surface area contributed by atoms with Crippen molar-refractivity contribution in [3.05, 3.63) is 59.7 Å². The average molecular weight is 274 g/mol. The van der Waals surface area contributed by atoms with E-state index in [0.717, 1.165) is 17.8 Å². The third-order valence-corrected chi connectivity index (χ3v) is 2.60. The summed E-state index contributed by atoms with van der Waals surface area (Å²) in [5, 5.41) is 11.8. The second kappa shape index (κ2) is 6.53. The van der Waals surface area contributed by atoms with Crippen LogP contribution in [0.25, 0.3) is 0 Å². The topological polar surface area (TPSA) is 45.0 Å². The maximum atomic E-state index is 12.9. The molecule has 0 amide bonds. The van der Waals surface area contributed by atoms with Crippen LogP contribution in [0.15, 0.2) is 42.5 Å². The first kappa shape index (κ1) is 13.8. The maximum absolute atomic E-state index is 12.9. The SMILES string of the molecule is N#Cc1ccc(NCCOc2ccc(F)c(F)c2)cc1. The Bertz CT molecular complexity index is 621. The van der Waals surface area contributed by atoms with E-state index in [1.165, 1.54) is 6.07 Å². The van der Waals surface area contributed by atoms with Crippen LogP contribution in [0.2, 0.25) is 0 Å². The van der Waals surface area contributed by atoms with Gasteiger partial charge in [-0.1, -0.05) is 0 Å². The van der Waals surface area contributed by atoms with Crippen LogP contribution in [0.4, 0.5) is 14.5 Å². The molecule has 0 radical (unpaired) electrons. The highest BCUT2D eigenvalue weighted by atomic mass is 19.2. The molecule has 0 saturated carbocycles. The quantitative estimate of drug-likeness (QED) is 0.851. The van der Waals surface area contributed by atoms with E-state index in [1.54, 1.807) is 24.3 Å². The molecule has 0 unspecified atom stereocenters. The highest BCUT2D eigenvalue weighted by Gasteiger charge is 2.02. The van der Waals surface area contributed by atoms with E-state index in [2.05, 4.69) is 5.32 Å². The molecule has 0 spiro atoms. The van der Waals surface area contributed by atoms with E-state index in [0.29, 0.717) is 18.7 Å². The Morgan fingerprint density at radius 1 is 1.05 bits per heavy atom. The minimum Gasteiger partial charge on any atom is -0.492 e. The van der Waals surface area contributed by atoms with Gasteiger partial charge in [0.2, 0.25) is 0 Å². The summed E-state index contributed by atoms with van der Waals surface area (Å²) in [5.74, 6) is -1.54. The second-order valence-corrected chi connectivity index (χ2v) is 4.04. The van der Waals surface area contributed by atoms with Gasteiger partial charge in [0.25, 0.3) is 0 Å². The Balaban J connectivity index is 1.78. The number of ether oxygens (including phenoxy) is 1. The molecule has 2 rings (SSSR count). The van der Waals surface area contributed by atoms with Crippen LogP contribution in [-0.2, 0) is 0 Å². The van der Waals surface area contributed by atoms with Crippen molar-refractivity contribution in [2.45, 2.75) is 0 Å². The van der Waals surface area contributed by atoms with Crippen molar-refractivity contribution in [2.75, 3.05) is 18.5 Å². The van der Waals surface area contributed by atoms with Crippen molar-refractivity contribution in [2.24, 2.45) is 0 Å². The Hall–Kier alpha value is -2.61. The van der Waals surface area contributed by atoms with Crippen molar-refractivity contribution >= 4 is 5.69 Å². The fourth-order valence-corrected chi connectivity index (χ4v) is 1.59. The molecule has 0 heterocycles. The first-order valence-corrected chi connectivity index (χ1v) is 6.01. The number of halogens is 2. The molecule has 5 heteroatoms. The molecule has 2 aromatic carbocycles. The van der Waals surface area contributed by atoms with E-state index >= 15 is 0 Å². The number of benzene rings is 2. The standard InChI is InChI=1S/C15H12F2N2O/c16-14-6-5-13(9-15(14)17)20-8-7-19-12-3-1-11(10-18)2-4-12/h1-6,9,19H,7-8H2. The normalized spacial score (nSPS) is 9.85. The molecule has 0 aromatic heterocycles. The Morgan fingerprint density at radius 3 is 2.45 bits per heavy atom. The molecule has 0 aliphatic rings. The molecule has 0 saturated heterocycles. The molecule has 0 aliphatic heterocycles. The van der Waals surface area contributed by atoms with Gasteiger partial charge in [-0.05, 0) is 36.4 Å². The molecule has 3 nitrogen and oxygen atoms in total. The zero-order chi connectivity index (χ0) is 14.4. The average Bonchev–Trinajstić information content (AvgIpc) is 2.48. The minimum atomic E-state index is -0.928. The summed E-state index contributed by atoms with van der Waals surface area (Å²) in [4.78, 5) is 0. The predicted molar refractivity (Wildman–Crippen MR) is 71.5 cm³/mol. The molecule has 102 valence electrons. The van der Waals surface area contributed by atoms with E-state index < -0.39 is 11.6 Å². The van der Waals surface area contributed by atoms with Gasteiger partial charge in [0.1, 0.15) is 12.4 Å². The van der Waals surface area contributed by atoms with Crippen LogP contribution in [0.1, 0.15) is 5.56 Å². The van der Waals surface area contributed by atoms with Gasteiger partial charge in [0.15, 0.2) is 11.6 Å². The second-order valence-electron chi connectivity index (χ2n) is 4.04. The number of nitriles is 1. The molecule has 1 N–H and O–H groups in total. The van der Waals surface area contributed by atoms with Crippen LogP contribution in [0.5, 0.6) is 5.75 Å². The first-order chi connectivity index (χ1) is 9.69. The number of nitrogens with one attached hydrogen (secondary N) is 1. The van der Waals surface area contributed by atoms with Gasteiger partial charge in [0.05, 0.1) is 11.6 Å². The van der Waals surface area contributed by atoms with E-state index in [9.17, 15) is 8.78 Å². The van der Waals surface area contributed by atoms with E-state index in [4.69, 9.17) is 10.00 Å². The smallest absolute Gasteiger partial charge is 0.162 e. The Kier molecular flexibility index (Phi) is 4.51. The van der Waals surface area contributed by atoms with E-state index in [-0.39, 0.29) is 5.75 Å². The van der Waals surface area contributed by atoms with Crippen LogP contribution >= 0.6 is 0 Å². The molecule has 2 aromatic rings. The Morgan fingerprint density at radius 2 is 1.80 bits per heavy atom. The van der Waals surface area contributed by atoms with Crippen LogP contribution in [0, 0.1) is 23.0 Å². The summed E-state index contributed by atoms with van der Waals surface area (Å²) in [5.41, 5.74) is 1.45. The molecule has 0 atom stereocenters. The lowest BCUT2D eigenvalue weighted by Gasteiger charge is -2.08. The molecule has 0 fully saturated rings. The van der Waals surface area contributed by atoms with Gasteiger partial charge in [0, 0.05) is 18.3 Å². The highest BCUT2D eigenvalue weighted by Crippen LogP contribution is 2.15. The number of rotatable bonds is 5. The third kappa shape index (κ3) is 3.69. The predicted octanol–water partition coefficient (Wildman–Crippen LogP) is 3.33. The zero-order valence-electron chi connectivity index (χ0n) is 10.6. The van der Waals surface area contributed by atoms with Gasteiger partial charge < -0.3 is 10.1 Å². The van der Waals surface area contributed by atoms with Crippen LogP contribution < -0.4 is 10.1 Å². The zero-order valence-corrected chi connectivity index (χ0v) is 10.6. The summed E-state index contributed by atoms with van der Waals surface area (Å²) in [6, 6.07) is 12.4. The highest BCUT2D eigenvalue weighted by molar-refractivity contribution is 5.47. The lowest BCUT2D eigenvalue weighted by atomic mass is 10.2. The van der Waals surface area contributed by atoms with Gasteiger partial charge in [-0.15, -0.1) is 0 Å². The van der Waals surface area contributed by atoms with Crippen molar-refractivity contribution < 1.29 is 13.5 Å². The van der Waals surface area contributed by atoms with Gasteiger partial charge in [-0.25, -0.2) is 8.78 Å². The molecular weight excluding hydrogens is 262 g/mol. The lowest BCUT2D eigenvalue weighted by Crippen LogP contribution is -2.11. The summed E-state index contributed by atoms with van der Waals surface area (Å²) >= 11 is 0. The maximum Gasteiger partial charge on any atom is 0.162 e. The van der Waals surface area contributed by atoms with Gasteiger partial charge in [-0.2, -0.15) is 5.26 Å². The fourth-order valence-electron chi connectivity index (χ4n) is 1.59. The van der Waals surface area contributed by atoms with E-state index in [1.807, 2.05) is 6.07 Å². The van der Waals surface area contributed by atoms with Gasteiger partial charge >= 0.3 is 0 Å². The van der Waals surface area contributed by atoms with Crippen molar-refractivity contribution in [1.82, 2.24) is 0 Å². The molecular formula is C15H12F2N2O. The summed E-state index contributed by atoms with van der Waals surface area (Å²) < 4.78 is 30.9. The summed E-state index contributed by atoms with van der Waals surface area (Å²) in [6.07, 6.45) is 0. The molecule has 20 heavy (non-hydrogen) atoms. The number of nitrogens with zero attached hydrogens (tertiary/aromatic N) is 1. The number of hydrogen-bond donors (Lipinski definition) is 1. The number of anilines is 1. The van der Waals surface area contributed by atoms with Gasteiger partial charge in [-0.3, -0.25) is 0 Å². The third-order valence-electron chi connectivity index (χ3n) is 2.60. The minimum absolute atomic E-state index is 0.283. The van der Waals surface area contributed by atoms with Crippen molar-refractivity contribution in [1.29, 1.82) is 5.26 Å².